The van der Waals surface area contributed by atoms with Crippen LogP contribution in [-0.4, -0.2) is 49.8 Å². The Kier molecular flexibility index (Phi) is 4.79. The van der Waals surface area contributed by atoms with E-state index < -0.39 is 11.9 Å². The first-order valence-corrected chi connectivity index (χ1v) is 9.28. The number of nitrogens with zero attached hydrogens (tertiary/aromatic N) is 6. The third-order valence-corrected chi connectivity index (χ3v) is 5.41. The molecule has 2 fully saturated rings. The van der Waals surface area contributed by atoms with E-state index in [0.29, 0.717) is 11.9 Å². The summed E-state index contributed by atoms with van der Waals surface area (Å²) in [7, 11) is 1.93. The maximum atomic E-state index is 13.0. The molecule has 146 valence electrons. The van der Waals surface area contributed by atoms with Crippen molar-refractivity contribution >= 4 is 5.82 Å². The molecular weight excluding hydrogens is 357 g/mol. The lowest BCUT2D eigenvalue weighted by molar-refractivity contribution is -0.141. The first-order chi connectivity index (χ1) is 12.9. The molecule has 0 unspecified atom stereocenters. The van der Waals surface area contributed by atoms with E-state index in [9.17, 15) is 13.2 Å². The Morgan fingerprint density at radius 2 is 1.81 bits per heavy atom. The van der Waals surface area contributed by atoms with Crippen molar-refractivity contribution in [1.82, 2.24) is 24.6 Å². The van der Waals surface area contributed by atoms with Crippen molar-refractivity contribution in [2.75, 3.05) is 18.0 Å². The average molecular weight is 380 g/mol. The molecule has 4 rings (SSSR count). The lowest BCUT2D eigenvalue weighted by atomic mass is 10.0. The monoisotopic (exact) mass is 380 g/mol. The molecule has 9 heteroatoms. The molecule has 27 heavy (non-hydrogen) atoms. The summed E-state index contributed by atoms with van der Waals surface area (Å²) in [6.45, 7) is 2.67. The number of rotatable bonds is 5. The van der Waals surface area contributed by atoms with Crippen LogP contribution in [0.15, 0.2) is 24.7 Å². The van der Waals surface area contributed by atoms with E-state index in [2.05, 4.69) is 24.9 Å². The third kappa shape index (κ3) is 4.07. The molecule has 0 N–H and O–H groups in total. The van der Waals surface area contributed by atoms with Crippen LogP contribution in [0.2, 0.25) is 0 Å². The van der Waals surface area contributed by atoms with Gasteiger partial charge in [-0.15, -0.1) is 0 Å². The van der Waals surface area contributed by atoms with Gasteiger partial charge in [0.2, 0.25) is 0 Å². The van der Waals surface area contributed by atoms with Crippen LogP contribution in [0.3, 0.4) is 0 Å². The first-order valence-electron chi connectivity index (χ1n) is 9.28. The largest absolute Gasteiger partial charge is 0.433 e. The predicted molar refractivity (Wildman–Crippen MR) is 94.0 cm³/mol. The van der Waals surface area contributed by atoms with Crippen LogP contribution in [0.25, 0.3) is 0 Å². The summed E-state index contributed by atoms with van der Waals surface area (Å²) in [6, 6.07) is 3.63. The molecule has 0 aromatic carbocycles. The summed E-state index contributed by atoms with van der Waals surface area (Å²) in [5.41, 5.74) is 0.296. The third-order valence-electron chi connectivity index (χ3n) is 5.41. The molecule has 0 bridgehead atoms. The standard InChI is InChI=1S/C18H23F3N6/c1-25-15(4-7-24-25)11-26-8-5-14(6-9-26)27(13-2-3-13)17-10-16(18(19,20)21)22-12-23-17/h4,7,10,12-14H,2-3,5-6,8-9,11H2,1H3. The van der Waals surface area contributed by atoms with E-state index >= 15 is 0 Å². The van der Waals surface area contributed by atoms with Gasteiger partial charge in [-0.2, -0.15) is 18.3 Å². The summed E-state index contributed by atoms with van der Waals surface area (Å²) < 4.78 is 41.0. The van der Waals surface area contributed by atoms with Crippen LogP contribution in [0.5, 0.6) is 0 Å². The molecule has 1 saturated heterocycles. The number of anilines is 1. The fourth-order valence-corrected chi connectivity index (χ4v) is 3.81. The van der Waals surface area contributed by atoms with E-state index in [0.717, 1.165) is 63.4 Å². The van der Waals surface area contributed by atoms with E-state index in [1.54, 1.807) is 6.20 Å². The zero-order valence-corrected chi connectivity index (χ0v) is 15.2. The van der Waals surface area contributed by atoms with Gasteiger partial charge in [-0.25, -0.2) is 9.97 Å². The van der Waals surface area contributed by atoms with Crippen LogP contribution in [0.1, 0.15) is 37.1 Å². The highest BCUT2D eigenvalue weighted by Crippen LogP contribution is 2.37. The van der Waals surface area contributed by atoms with Gasteiger partial charge in [0.1, 0.15) is 17.8 Å². The van der Waals surface area contributed by atoms with Crippen LogP contribution in [0, 0.1) is 0 Å². The van der Waals surface area contributed by atoms with Gasteiger partial charge < -0.3 is 4.90 Å². The molecule has 2 aliphatic rings. The Bertz CT molecular complexity index is 777. The highest BCUT2D eigenvalue weighted by molar-refractivity contribution is 5.44. The lowest BCUT2D eigenvalue weighted by Crippen LogP contribution is -2.46. The van der Waals surface area contributed by atoms with Gasteiger partial charge in [-0.1, -0.05) is 0 Å². The molecule has 0 radical (unpaired) electrons. The van der Waals surface area contributed by atoms with Crippen molar-refractivity contribution in [3.63, 3.8) is 0 Å². The molecule has 2 aromatic rings. The predicted octanol–water partition coefficient (Wildman–Crippen LogP) is 2.86. The first kappa shape index (κ1) is 18.2. The van der Waals surface area contributed by atoms with Gasteiger partial charge >= 0.3 is 6.18 Å². The van der Waals surface area contributed by atoms with Gasteiger partial charge in [-0.3, -0.25) is 9.58 Å². The second-order valence-corrected chi connectivity index (χ2v) is 7.35. The minimum atomic E-state index is -4.45. The summed E-state index contributed by atoms with van der Waals surface area (Å²) in [5, 5.41) is 4.20. The van der Waals surface area contributed by atoms with Crippen molar-refractivity contribution in [3.05, 3.63) is 36.0 Å². The topological polar surface area (TPSA) is 50.1 Å². The van der Waals surface area contributed by atoms with Crippen molar-refractivity contribution in [2.24, 2.45) is 7.05 Å². The van der Waals surface area contributed by atoms with Gasteiger partial charge in [0, 0.05) is 51.0 Å². The van der Waals surface area contributed by atoms with Crippen LogP contribution < -0.4 is 4.90 Å². The number of alkyl halides is 3. The summed E-state index contributed by atoms with van der Waals surface area (Å²) in [6.07, 6.45) is 2.25. The fourth-order valence-electron chi connectivity index (χ4n) is 3.81. The number of hydrogen-bond acceptors (Lipinski definition) is 5. The quantitative estimate of drug-likeness (QED) is 0.798. The number of halogens is 3. The molecule has 0 atom stereocenters. The van der Waals surface area contributed by atoms with Crippen molar-refractivity contribution < 1.29 is 13.2 Å². The zero-order valence-electron chi connectivity index (χ0n) is 15.2. The molecule has 1 aliphatic heterocycles. The second kappa shape index (κ2) is 7.10. The maximum Gasteiger partial charge on any atom is 0.433 e. The maximum absolute atomic E-state index is 13.0. The summed E-state index contributed by atoms with van der Waals surface area (Å²) in [4.78, 5) is 12.1. The molecule has 3 heterocycles. The Labute approximate surface area is 156 Å². The number of piperidine rings is 1. The van der Waals surface area contributed by atoms with Crippen molar-refractivity contribution in [3.8, 4) is 0 Å². The Morgan fingerprint density at radius 1 is 1.11 bits per heavy atom. The normalized spacial score (nSPS) is 19.4. The van der Waals surface area contributed by atoms with E-state index in [1.807, 2.05) is 17.8 Å². The average Bonchev–Trinajstić information content (AvgIpc) is 3.39. The van der Waals surface area contributed by atoms with Crippen LogP contribution in [-0.2, 0) is 19.8 Å². The molecule has 6 nitrogen and oxygen atoms in total. The van der Waals surface area contributed by atoms with E-state index in [1.165, 1.54) is 0 Å². The lowest BCUT2D eigenvalue weighted by Gasteiger charge is -2.39. The Hall–Kier alpha value is -2.16. The van der Waals surface area contributed by atoms with Gasteiger partial charge in [-0.05, 0) is 31.7 Å². The van der Waals surface area contributed by atoms with E-state index in [-0.39, 0.29) is 6.04 Å². The number of aromatic nitrogens is 4. The minimum absolute atomic E-state index is 0.219. The van der Waals surface area contributed by atoms with Crippen LogP contribution >= 0.6 is 0 Å². The second-order valence-electron chi connectivity index (χ2n) is 7.35. The van der Waals surface area contributed by atoms with Crippen LogP contribution in [0.4, 0.5) is 19.0 Å². The smallest absolute Gasteiger partial charge is 0.350 e. The minimum Gasteiger partial charge on any atom is -0.350 e. The molecule has 1 saturated carbocycles. The molecule has 2 aromatic heterocycles. The SMILES string of the molecule is Cn1nccc1CN1CCC(N(c2cc(C(F)(F)F)ncn2)C2CC2)CC1. The Balaban J connectivity index is 1.44. The number of hydrogen-bond donors (Lipinski definition) is 0. The van der Waals surface area contributed by atoms with Gasteiger partial charge in [0.25, 0.3) is 0 Å². The number of likely N-dealkylation sites (tertiary alicyclic amines) is 1. The Morgan fingerprint density at radius 3 is 2.41 bits per heavy atom. The van der Waals surface area contributed by atoms with E-state index in [4.69, 9.17) is 0 Å². The molecule has 0 spiro atoms. The summed E-state index contributed by atoms with van der Waals surface area (Å²) in [5.74, 6) is 0.407. The highest BCUT2D eigenvalue weighted by Gasteiger charge is 2.38. The van der Waals surface area contributed by atoms with Crippen molar-refractivity contribution in [1.29, 1.82) is 0 Å². The fraction of sp³-hybridized carbons (Fsp3) is 0.611. The zero-order chi connectivity index (χ0) is 19.0. The highest BCUT2D eigenvalue weighted by atomic mass is 19.4. The van der Waals surface area contributed by atoms with Gasteiger partial charge in [0.15, 0.2) is 0 Å². The molecule has 1 aliphatic carbocycles. The van der Waals surface area contributed by atoms with Crippen molar-refractivity contribution in [2.45, 2.75) is 50.5 Å². The molecule has 0 amide bonds. The molecular formula is C18H23F3N6. The van der Waals surface area contributed by atoms with Gasteiger partial charge in [0.05, 0.1) is 5.69 Å². The summed E-state index contributed by atoms with van der Waals surface area (Å²) >= 11 is 0. The number of aryl methyl sites for hydroxylation is 1.